The Morgan fingerprint density at radius 2 is 1.76 bits per heavy atom. The lowest BCUT2D eigenvalue weighted by Gasteiger charge is -2.33. The lowest BCUT2D eigenvalue weighted by Crippen LogP contribution is -2.38. The summed E-state index contributed by atoms with van der Waals surface area (Å²) in [7, 11) is 0. The zero-order valence-corrected chi connectivity index (χ0v) is 21.5. The normalized spacial score (nSPS) is 17.7. The number of fused-ring (bicyclic) bond motifs is 1. The maximum Gasteiger partial charge on any atom is 0.407 e. The number of hydrogen-bond acceptors (Lipinski definition) is 4. The van der Waals surface area contributed by atoms with Crippen LogP contribution in [0.1, 0.15) is 81.5 Å². The number of imidazole rings is 1. The van der Waals surface area contributed by atoms with E-state index in [1.165, 1.54) is 16.0 Å². The van der Waals surface area contributed by atoms with E-state index in [4.69, 9.17) is 10.2 Å². The van der Waals surface area contributed by atoms with Crippen LogP contribution < -0.4 is 0 Å². The average Bonchev–Trinajstić information content (AvgIpc) is 3.70. The number of likely N-dealkylation sites (tertiary alicyclic amines) is 1. The third-order valence-corrected chi connectivity index (χ3v) is 8.30. The summed E-state index contributed by atoms with van der Waals surface area (Å²) in [5.74, 6) is 1.66. The number of piperidine rings is 1. The van der Waals surface area contributed by atoms with E-state index in [0.29, 0.717) is 55.6 Å². The number of aromatic amines is 1. The number of aromatic nitrogens is 2. The number of carbonyl (C=O) groups excluding carboxylic acids is 1. The van der Waals surface area contributed by atoms with Crippen molar-refractivity contribution in [1.29, 1.82) is 5.26 Å². The van der Waals surface area contributed by atoms with E-state index in [0.717, 1.165) is 54.0 Å². The van der Waals surface area contributed by atoms with Crippen molar-refractivity contribution in [3.63, 3.8) is 0 Å². The molecule has 2 fully saturated rings. The number of hydrogen-bond donors (Lipinski definition) is 2. The Balaban J connectivity index is 1.24. The van der Waals surface area contributed by atoms with Gasteiger partial charge in [-0.25, -0.2) is 9.78 Å². The fraction of sp³-hybridized carbons (Fsp3) is 0.400. The van der Waals surface area contributed by atoms with Crippen LogP contribution in [0.4, 0.5) is 4.79 Å². The molecule has 3 aromatic rings. The summed E-state index contributed by atoms with van der Waals surface area (Å²) in [5, 5.41) is 18.5. The molecule has 38 heavy (non-hydrogen) atoms. The van der Waals surface area contributed by atoms with Crippen molar-refractivity contribution in [1.82, 2.24) is 19.8 Å². The molecule has 1 saturated heterocycles. The zero-order valence-electron chi connectivity index (χ0n) is 21.5. The Kier molecular flexibility index (Phi) is 6.15. The van der Waals surface area contributed by atoms with Crippen molar-refractivity contribution in [3.05, 3.63) is 75.6 Å². The van der Waals surface area contributed by atoms with Gasteiger partial charge in [0.2, 0.25) is 0 Å². The molecule has 8 heteroatoms. The van der Waals surface area contributed by atoms with Gasteiger partial charge >= 0.3 is 6.09 Å². The first-order chi connectivity index (χ1) is 18.4. The monoisotopic (exact) mass is 509 g/mol. The predicted octanol–water partition coefficient (Wildman–Crippen LogP) is 5.19. The average molecular weight is 510 g/mol. The summed E-state index contributed by atoms with van der Waals surface area (Å²) in [6.07, 6.45) is 3.73. The smallest absolute Gasteiger partial charge is 0.407 e. The Bertz CT molecular complexity index is 1440. The van der Waals surface area contributed by atoms with Crippen LogP contribution in [0.5, 0.6) is 0 Å². The minimum atomic E-state index is -0.920. The van der Waals surface area contributed by atoms with Gasteiger partial charge in [-0.2, -0.15) is 5.26 Å². The van der Waals surface area contributed by atoms with Gasteiger partial charge in [-0.1, -0.05) is 18.2 Å². The third kappa shape index (κ3) is 4.53. The summed E-state index contributed by atoms with van der Waals surface area (Å²) >= 11 is 0. The Morgan fingerprint density at radius 3 is 2.42 bits per heavy atom. The molecule has 1 aromatic heterocycles. The molecule has 194 valence electrons. The molecule has 0 atom stereocenters. The molecule has 0 bridgehead atoms. The van der Waals surface area contributed by atoms with Gasteiger partial charge < -0.3 is 19.9 Å². The van der Waals surface area contributed by atoms with Crippen LogP contribution in [0.15, 0.2) is 36.4 Å². The van der Waals surface area contributed by atoms with E-state index < -0.39 is 6.09 Å². The first-order valence-electron chi connectivity index (χ1n) is 13.4. The number of benzene rings is 2. The first-order valence-corrected chi connectivity index (χ1v) is 13.4. The summed E-state index contributed by atoms with van der Waals surface area (Å²) in [5.41, 5.74) is 7.53. The predicted molar refractivity (Wildman–Crippen MR) is 142 cm³/mol. The number of rotatable bonds is 4. The lowest BCUT2D eigenvalue weighted by atomic mass is 9.88. The van der Waals surface area contributed by atoms with Gasteiger partial charge in [0.25, 0.3) is 5.91 Å². The second-order valence-corrected chi connectivity index (χ2v) is 10.8. The number of carbonyl (C=O) groups is 2. The molecule has 2 aliphatic heterocycles. The third-order valence-electron chi connectivity index (χ3n) is 8.30. The maximum atomic E-state index is 13.7. The van der Waals surface area contributed by atoms with E-state index in [1.807, 2.05) is 42.2 Å². The van der Waals surface area contributed by atoms with Crippen molar-refractivity contribution < 1.29 is 14.7 Å². The summed E-state index contributed by atoms with van der Waals surface area (Å²) in [6, 6.07) is 14.1. The molecule has 6 rings (SSSR count). The van der Waals surface area contributed by atoms with Crippen LogP contribution in [0.25, 0.3) is 11.4 Å². The molecule has 2 aromatic carbocycles. The number of nitrogens with one attached hydrogen (secondary N) is 1. The van der Waals surface area contributed by atoms with Crippen molar-refractivity contribution >= 4 is 12.0 Å². The summed E-state index contributed by atoms with van der Waals surface area (Å²) < 4.78 is 0. The highest BCUT2D eigenvalue weighted by Gasteiger charge is 2.32. The SMILES string of the molecule is Cc1cc(C2CC2)c(-c2nc3c([nH]2)CN(C(=O)O)CC3)cc1C(=O)N1CCC(c2ccc(C#N)cc2)CC1. The maximum absolute atomic E-state index is 13.7. The molecule has 0 unspecified atom stereocenters. The van der Waals surface area contributed by atoms with Crippen LogP contribution in [-0.4, -0.2) is 56.5 Å². The van der Waals surface area contributed by atoms with Crippen LogP contribution in [0.3, 0.4) is 0 Å². The molecule has 0 spiro atoms. The van der Waals surface area contributed by atoms with E-state index >= 15 is 0 Å². The van der Waals surface area contributed by atoms with Crippen LogP contribution in [0.2, 0.25) is 0 Å². The van der Waals surface area contributed by atoms with Crippen molar-refractivity contribution in [2.24, 2.45) is 0 Å². The second kappa shape index (κ2) is 9.64. The second-order valence-electron chi connectivity index (χ2n) is 10.8. The summed E-state index contributed by atoms with van der Waals surface area (Å²) in [6.45, 7) is 4.16. The molecule has 0 radical (unpaired) electrons. The molecule has 2 N–H and O–H groups in total. The topological polar surface area (TPSA) is 113 Å². The highest BCUT2D eigenvalue weighted by molar-refractivity contribution is 5.97. The molecule has 8 nitrogen and oxygen atoms in total. The van der Waals surface area contributed by atoms with Crippen molar-refractivity contribution in [2.45, 2.75) is 57.4 Å². The molecule has 1 saturated carbocycles. The molecule has 3 aliphatic rings. The van der Waals surface area contributed by atoms with Gasteiger partial charge in [0, 0.05) is 37.2 Å². The lowest BCUT2D eigenvalue weighted by molar-refractivity contribution is 0.0712. The quantitative estimate of drug-likeness (QED) is 0.502. The number of nitriles is 1. The zero-order chi connectivity index (χ0) is 26.4. The van der Waals surface area contributed by atoms with E-state index in [2.05, 4.69) is 17.1 Å². The molecule has 1 aliphatic carbocycles. The first kappa shape index (κ1) is 24.2. The number of nitrogens with zero attached hydrogens (tertiary/aromatic N) is 4. The molecular weight excluding hydrogens is 478 g/mol. The van der Waals surface area contributed by atoms with E-state index in [-0.39, 0.29) is 5.91 Å². The van der Waals surface area contributed by atoms with Crippen LogP contribution >= 0.6 is 0 Å². The highest BCUT2D eigenvalue weighted by atomic mass is 16.4. The van der Waals surface area contributed by atoms with Gasteiger partial charge in [0.15, 0.2) is 0 Å². The summed E-state index contributed by atoms with van der Waals surface area (Å²) in [4.78, 5) is 36.8. The van der Waals surface area contributed by atoms with Crippen molar-refractivity contribution in [3.8, 4) is 17.5 Å². The van der Waals surface area contributed by atoms with Gasteiger partial charge in [-0.15, -0.1) is 0 Å². The fourth-order valence-electron chi connectivity index (χ4n) is 5.90. The molecule has 3 heterocycles. The van der Waals surface area contributed by atoms with E-state index in [9.17, 15) is 14.7 Å². The molecule has 2 amide bonds. The van der Waals surface area contributed by atoms with E-state index in [1.54, 1.807) is 0 Å². The van der Waals surface area contributed by atoms with Gasteiger partial charge in [0.05, 0.1) is 29.6 Å². The standard InChI is InChI=1S/C30H31N5O3/c1-18-14-24(22-6-7-22)25(28-32-26-10-13-35(30(37)38)17-27(26)33-28)15-23(18)29(36)34-11-8-21(9-12-34)20-4-2-19(16-31)3-5-20/h2-5,14-15,21-22H,6-13,17H2,1H3,(H,32,33)(H,37,38). The fourth-order valence-corrected chi connectivity index (χ4v) is 5.90. The van der Waals surface area contributed by atoms with Crippen molar-refractivity contribution in [2.75, 3.05) is 19.6 Å². The Labute approximate surface area is 221 Å². The van der Waals surface area contributed by atoms with Gasteiger partial charge in [-0.05, 0) is 79.3 Å². The van der Waals surface area contributed by atoms with Gasteiger partial charge in [-0.3, -0.25) is 4.79 Å². The number of aryl methyl sites for hydroxylation is 1. The minimum Gasteiger partial charge on any atom is -0.465 e. The highest BCUT2D eigenvalue weighted by Crippen LogP contribution is 2.45. The Morgan fingerprint density at radius 1 is 1.03 bits per heavy atom. The number of H-pyrrole nitrogens is 1. The number of carboxylic acid groups (broad SMARTS) is 1. The molecular formula is C30H31N5O3. The van der Waals surface area contributed by atoms with Gasteiger partial charge in [0.1, 0.15) is 5.82 Å². The van der Waals surface area contributed by atoms with Crippen LogP contribution in [-0.2, 0) is 13.0 Å². The Hall–Kier alpha value is -4.12. The number of amides is 2. The minimum absolute atomic E-state index is 0.0535. The van der Waals surface area contributed by atoms with Crippen LogP contribution in [0, 0.1) is 18.3 Å². The largest absolute Gasteiger partial charge is 0.465 e.